The van der Waals surface area contributed by atoms with Gasteiger partial charge in [0.25, 0.3) is 0 Å². The van der Waals surface area contributed by atoms with Crippen molar-refractivity contribution in [3.05, 3.63) is 53.3 Å². The van der Waals surface area contributed by atoms with E-state index in [1.54, 1.807) is 17.5 Å². The third-order valence-electron chi connectivity index (χ3n) is 3.62. The summed E-state index contributed by atoms with van der Waals surface area (Å²) in [5.41, 5.74) is 2.38. The fourth-order valence-electron chi connectivity index (χ4n) is 2.57. The fraction of sp³-hybridized carbons (Fsp3) is 0.267. The second-order valence-electron chi connectivity index (χ2n) is 5.07. The van der Waals surface area contributed by atoms with Gasteiger partial charge in [-0.25, -0.2) is 15.0 Å². The van der Waals surface area contributed by atoms with Crippen LogP contribution < -0.4 is 0 Å². The second kappa shape index (κ2) is 5.38. The van der Waals surface area contributed by atoms with Crippen LogP contribution in [0, 0.1) is 0 Å². The molecule has 21 heavy (non-hydrogen) atoms. The molecule has 0 atom stereocenters. The van der Waals surface area contributed by atoms with Crippen LogP contribution in [0.2, 0.25) is 0 Å². The first-order chi connectivity index (χ1) is 10.4. The molecule has 4 rings (SSSR count). The van der Waals surface area contributed by atoms with E-state index in [2.05, 4.69) is 26.3 Å². The van der Waals surface area contributed by atoms with E-state index in [4.69, 9.17) is 9.40 Å². The van der Waals surface area contributed by atoms with E-state index in [-0.39, 0.29) is 0 Å². The molecule has 4 heterocycles. The van der Waals surface area contributed by atoms with Gasteiger partial charge in [0.15, 0.2) is 12.2 Å². The van der Waals surface area contributed by atoms with Crippen molar-refractivity contribution in [3.63, 3.8) is 0 Å². The predicted octanol–water partition coefficient (Wildman–Crippen LogP) is 2.75. The van der Waals surface area contributed by atoms with Gasteiger partial charge in [-0.15, -0.1) is 11.3 Å². The van der Waals surface area contributed by atoms with E-state index in [1.165, 1.54) is 17.7 Å². The maximum Gasteiger partial charge on any atom is 0.180 e. The third kappa shape index (κ3) is 2.59. The lowest BCUT2D eigenvalue weighted by Crippen LogP contribution is -2.30. The van der Waals surface area contributed by atoms with Crippen LogP contribution in [0.5, 0.6) is 0 Å². The molecule has 0 aliphatic carbocycles. The van der Waals surface area contributed by atoms with Gasteiger partial charge in [-0.05, 0) is 11.4 Å². The summed E-state index contributed by atoms with van der Waals surface area (Å²) in [4.78, 5) is 16.6. The minimum atomic E-state index is 0.784. The molecule has 0 radical (unpaired) electrons. The molecule has 5 nitrogen and oxygen atoms in total. The van der Waals surface area contributed by atoms with Crippen LogP contribution in [-0.2, 0) is 19.5 Å². The Bertz CT molecular complexity index is 724. The first-order valence-corrected chi connectivity index (χ1v) is 7.75. The van der Waals surface area contributed by atoms with Gasteiger partial charge in [-0.3, -0.25) is 4.90 Å². The molecule has 3 aromatic rings. The highest BCUT2D eigenvalue weighted by atomic mass is 32.1. The Hall–Kier alpha value is -2.05. The van der Waals surface area contributed by atoms with E-state index in [9.17, 15) is 0 Å². The second-order valence-corrected chi connectivity index (χ2v) is 6.02. The third-order valence-corrected chi connectivity index (χ3v) is 4.48. The number of aromatic nitrogens is 3. The van der Waals surface area contributed by atoms with Crippen LogP contribution in [0.25, 0.3) is 10.7 Å². The first-order valence-electron chi connectivity index (χ1n) is 6.87. The molecule has 106 valence electrons. The highest BCUT2D eigenvalue weighted by Crippen LogP contribution is 2.24. The molecule has 0 saturated heterocycles. The lowest BCUT2D eigenvalue weighted by Gasteiger charge is -2.26. The molecule has 3 aromatic heterocycles. The van der Waals surface area contributed by atoms with E-state index in [0.29, 0.717) is 0 Å². The maximum atomic E-state index is 5.31. The van der Waals surface area contributed by atoms with Crippen molar-refractivity contribution in [2.45, 2.75) is 19.5 Å². The average molecular weight is 298 g/mol. The van der Waals surface area contributed by atoms with Gasteiger partial charge in [0.1, 0.15) is 5.76 Å². The number of hydrogen-bond acceptors (Lipinski definition) is 6. The van der Waals surface area contributed by atoms with Crippen molar-refractivity contribution in [2.24, 2.45) is 0 Å². The molecule has 6 heteroatoms. The lowest BCUT2D eigenvalue weighted by atomic mass is 10.1. The molecular formula is C15H14N4OS. The Kier molecular flexibility index (Phi) is 3.25. The summed E-state index contributed by atoms with van der Waals surface area (Å²) in [6.07, 6.45) is 6.16. The topological polar surface area (TPSA) is 55.1 Å². The monoisotopic (exact) mass is 298 g/mol. The molecule has 1 aliphatic heterocycles. The van der Waals surface area contributed by atoms with Crippen molar-refractivity contribution in [3.8, 4) is 10.7 Å². The normalized spacial score (nSPS) is 15.0. The summed E-state index contributed by atoms with van der Waals surface area (Å²) >= 11 is 1.68. The fourth-order valence-corrected chi connectivity index (χ4v) is 3.24. The van der Waals surface area contributed by atoms with Gasteiger partial charge >= 0.3 is 0 Å². The van der Waals surface area contributed by atoms with Gasteiger partial charge < -0.3 is 4.42 Å². The number of fused-ring (bicyclic) bond motifs is 1. The molecule has 0 bridgehead atoms. The standard InChI is InChI=1S/C15H14N4OS/c1-2-14(21-5-1)15-17-6-11-8-19(4-3-13(11)18-15)9-12-7-16-10-20-12/h1-2,5-7,10H,3-4,8-9H2. The maximum absolute atomic E-state index is 5.31. The Morgan fingerprint density at radius 1 is 1.33 bits per heavy atom. The van der Waals surface area contributed by atoms with Crippen LogP contribution in [-0.4, -0.2) is 26.4 Å². The van der Waals surface area contributed by atoms with E-state index >= 15 is 0 Å². The zero-order valence-corrected chi connectivity index (χ0v) is 12.2. The van der Waals surface area contributed by atoms with Gasteiger partial charge in [0, 0.05) is 31.3 Å². The van der Waals surface area contributed by atoms with Crippen molar-refractivity contribution in [2.75, 3.05) is 6.54 Å². The summed E-state index contributed by atoms with van der Waals surface area (Å²) < 4.78 is 5.31. The number of thiophene rings is 1. The van der Waals surface area contributed by atoms with E-state index in [1.807, 2.05) is 12.3 Å². The van der Waals surface area contributed by atoms with Crippen molar-refractivity contribution < 1.29 is 4.42 Å². The summed E-state index contributed by atoms with van der Waals surface area (Å²) in [6.45, 7) is 2.63. The number of rotatable bonds is 3. The zero-order chi connectivity index (χ0) is 14.1. The van der Waals surface area contributed by atoms with E-state index < -0.39 is 0 Å². The largest absolute Gasteiger partial charge is 0.447 e. The van der Waals surface area contributed by atoms with Crippen molar-refractivity contribution >= 4 is 11.3 Å². The highest BCUT2D eigenvalue weighted by molar-refractivity contribution is 7.13. The highest BCUT2D eigenvalue weighted by Gasteiger charge is 2.19. The van der Waals surface area contributed by atoms with Crippen LogP contribution in [0.1, 0.15) is 17.0 Å². The Balaban J connectivity index is 1.54. The van der Waals surface area contributed by atoms with Crippen LogP contribution in [0.4, 0.5) is 0 Å². The molecule has 0 fully saturated rings. The van der Waals surface area contributed by atoms with Gasteiger partial charge in [-0.2, -0.15) is 0 Å². The molecule has 0 amide bonds. The number of oxazole rings is 1. The zero-order valence-electron chi connectivity index (χ0n) is 11.4. The van der Waals surface area contributed by atoms with Gasteiger partial charge in [-0.1, -0.05) is 6.07 Å². The van der Waals surface area contributed by atoms with Crippen LogP contribution >= 0.6 is 11.3 Å². The number of hydrogen-bond donors (Lipinski definition) is 0. The van der Waals surface area contributed by atoms with E-state index in [0.717, 1.165) is 42.5 Å². The summed E-state index contributed by atoms with van der Waals surface area (Å²) in [6, 6.07) is 4.09. The van der Waals surface area contributed by atoms with Crippen molar-refractivity contribution in [1.82, 2.24) is 19.9 Å². The molecule has 0 unspecified atom stereocenters. The van der Waals surface area contributed by atoms with Gasteiger partial charge in [0.2, 0.25) is 0 Å². The Morgan fingerprint density at radius 2 is 2.33 bits per heavy atom. The summed E-state index contributed by atoms with van der Waals surface area (Å²) in [7, 11) is 0. The molecule has 1 aliphatic rings. The summed E-state index contributed by atoms with van der Waals surface area (Å²) in [5.74, 6) is 1.74. The Morgan fingerprint density at radius 3 is 3.14 bits per heavy atom. The smallest absolute Gasteiger partial charge is 0.180 e. The number of nitrogens with zero attached hydrogens (tertiary/aromatic N) is 4. The van der Waals surface area contributed by atoms with Gasteiger partial charge in [0.05, 0.1) is 23.3 Å². The summed E-state index contributed by atoms with van der Waals surface area (Å²) in [5, 5.41) is 2.05. The van der Waals surface area contributed by atoms with Crippen molar-refractivity contribution in [1.29, 1.82) is 0 Å². The van der Waals surface area contributed by atoms with Crippen LogP contribution in [0.3, 0.4) is 0 Å². The minimum absolute atomic E-state index is 0.784. The lowest BCUT2D eigenvalue weighted by molar-refractivity contribution is 0.223. The first kappa shape index (κ1) is 12.7. The average Bonchev–Trinajstić information content (AvgIpc) is 3.20. The quantitative estimate of drug-likeness (QED) is 0.744. The molecular weight excluding hydrogens is 284 g/mol. The minimum Gasteiger partial charge on any atom is -0.447 e. The van der Waals surface area contributed by atoms with Crippen LogP contribution in [0.15, 0.2) is 40.7 Å². The Labute approximate surface area is 126 Å². The SMILES string of the molecule is c1csc(-c2ncc3c(n2)CCN(Cc2cnco2)C3)c1. The predicted molar refractivity (Wildman–Crippen MR) is 79.7 cm³/mol. The molecule has 0 spiro atoms. The molecule has 0 saturated carbocycles. The molecule has 0 aromatic carbocycles. The molecule has 0 N–H and O–H groups in total.